The number of esters is 1. The predicted octanol–water partition coefficient (Wildman–Crippen LogP) is 5.93. The van der Waals surface area contributed by atoms with Crippen LogP contribution in [-0.4, -0.2) is 75.2 Å². The largest absolute Gasteiger partial charge is 0.491 e. The SMILES string of the molecule is CC(C)OC(=O)CCC/C=C\C[C@H]1C(=O)C[C@H](OC2CCCCO2)[C@H]1OCC(COc1ccccc1)OC1CCCCO1. The minimum Gasteiger partial charge on any atom is -0.491 e. The lowest BCUT2D eigenvalue weighted by molar-refractivity contribution is -0.226. The fourth-order valence-corrected chi connectivity index (χ4v) is 5.67. The number of carbonyl (C=O) groups is 2. The van der Waals surface area contributed by atoms with Gasteiger partial charge in [0.1, 0.15) is 24.2 Å². The van der Waals surface area contributed by atoms with Gasteiger partial charge in [0.25, 0.3) is 0 Å². The minimum atomic E-state index is -0.432. The van der Waals surface area contributed by atoms with Gasteiger partial charge >= 0.3 is 5.97 Å². The number of benzene rings is 1. The van der Waals surface area contributed by atoms with E-state index in [0.717, 1.165) is 50.7 Å². The monoisotopic (exact) mass is 602 g/mol. The van der Waals surface area contributed by atoms with Crippen molar-refractivity contribution in [3.8, 4) is 5.75 Å². The summed E-state index contributed by atoms with van der Waals surface area (Å²) in [5.74, 6) is 0.370. The molecule has 0 radical (unpaired) electrons. The Kier molecular flexibility index (Phi) is 14.4. The first-order valence-corrected chi connectivity index (χ1v) is 16.2. The third kappa shape index (κ3) is 12.0. The smallest absolute Gasteiger partial charge is 0.306 e. The Labute approximate surface area is 256 Å². The van der Waals surface area contributed by atoms with E-state index >= 15 is 0 Å². The fourth-order valence-electron chi connectivity index (χ4n) is 5.67. The molecule has 2 heterocycles. The first-order chi connectivity index (χ1) is 21.0. The fraction of sp³-hybridized carbons (Fsp3) is 0.706. The molecule has 2 saturated heterocycles. The zero-order chi connectivity index (χ0) is 30.3. The van der Waals surface area contributed by atoms with Crippen LogP contribution in [0.15, 0.2) is 42.5 Å². The van der Waals surface area contributed by atoms with Crippen molar-refractivity contribution in [3.05, 3.63) is 42.5 Å². The highest BCUT2D eigenvalue weighted by Crippen LogP contribution is 2.33. The molecule has 1 saturated carbocycles. The summed E-state index contributed by atoms with van der Waals surface area (Å²) in [6, 6.07) is 9.63. The predicted molar refractivity (Wildman–Crippen MR) is 161 cm³/mol. The van der Waals surface area contributed by atoms with Crippen LogP contribution in [0.25, 0.3) is 0 Å². The number of rotatable bonds is 17. The molecule has 0 bridgehead atoms. The number of allylic oxidation sites excluding steroid dienone is 2. The topological polar surface area (TPSA) is 98.8 Å². The third-order valence-electron chi connectivity index (χ3n) is 7.85. The summed E-state index contributed by atoms with van der Waals surface area (Å²) in [5.41, 5.74) is 0. The van der Waals surface area contributed by atoms with Gasteiger partial charge in [-0.15, -0.1) is 0 Å². The maximum atomic E-state index is 13.2. The number of hydrogen-bond donors (Lipinski definition) is 0. The molecule has 9 nitrogen and oxygen atoms in total. The van der Waals surface area contributed by atoms with Crippen molar-refractivity contribution < 1.29 is 42.7 Å². The van der Waals surface area contributed by atoms with Crippen molar-refractivity contribution in [2.45, 2.75) is 121 Å². The molecule has 0 amide bonds. The molecule has 2 aliphatic heterocycles. The summed E-state index contributed by atoms with van der Waals surface area (Å²) in [5, 5.41) is 0. The molecular formula is C34H50O9. The van der Waals surface area contributed by atoms with E-state index in [-0.39, 0.29) is 55.2 Å². The standard InChI is InChI=1S/C34H50O9/c1-25(2)41-31(36)17-9-4-3-8-16-28-29(35)22-30(43-33-19-11-13-21-38-33)34(28)40-24-27(42-32-18-10-12-20-37-32)23-39-26-14-6-5-7-15-26/h3,5-8,14-15,25,27-28,30,32-34H,4,9-13,16-24H2,1-2H3/b8-3-/t27?,28-,30-,32?,33?,34-/m0/s1. The molecular weight excluding hydrogens is 552 g/mol. The first-order valence-electron chi connectivity index (χ1n) is 16.2. The summed E-state index contributed by atoms with van der Waals surface area (Å²) in [6.45, 7) is 5.59. The quantitative estimate of drug-likeness (QED) is 0.122. The second-order valence-electron chi connectivity index (χ2n) is 11.9. The maximum Gasteiger partial charge on any atom is 0.306 e. The first kappa shape index (κ1) is 33.6. The van der Waals surface area contributed by atoms with E-state index in [9.17, 15) is 9.59 Å². The Bertz CT molecular complexity index is 969. The van der Waals surface area contributed by atoms with Gasteiger partial charge in [-0.25, -0.2) is 0 Å². The minimum absolute atomic E-state index is 0.104. The normalized spacial score (nSPS) is 27.0. The Balaban J connectivity index is 1.36. The van der Waals surface area contributed by atoms with Crippen LogP contribution in [0.2, 0.25) is 0 Å². The molecule has 240 valence electrons. The van der Waals surface area contributed by atoms with Gasteiger partial charge in [0.2, 0.25) is 0 Å². The van der Waals surface area contributed by atoms with Gasteiger partial charge in [-0.3, -0.25) is 9.59 Å². The van der Waals surface area contributed by atoms with Gasteiger partial charge in [-0.2, -0.15) is 0 Å². The molecule has 1 aliphatic carbocycles. The lowest BCUT2D eigenvalue weighted by atomic mass is 9.99. The molecule has 0 spiro atoms. The van der Waals surface area contributed by atoms with Crippen LogP contribution >= 0.6 is 0 Å². The number of unbranched alkanes of at least 4 members (excludes halogenated alkanes) is 1. The van der Waals surface area contributed by atoms with Crippen LogP contribution in [-0.2, 0) is 38.0 Å². The molecule has 3 fully saturated rings. The molecule has 3 unspecified atom stereocenters. The molecule has 4 rings (SSSR count). The average Bonchev–Trinajstić information content (AvgIpc) is 3.30. The van der Waals surface area contributed by atoms with E-state index in [0.29, 0.717) is 45.5 Å². The number of carbonyl (C=O) groups excluding carboxylic acids is 2. The van der Waals surface area contributed by atoms with Gasteiger partial charge in [-0.05, 0) is 83.8 Å². The zero-order valence-corrected chi connectivity index (χ0v) is 25.9. The van der Waals surface area contributed by atoms with E-state index in [1.807, 2.05) is 56.3 Å². The number of hydrogen-bond acceptors (Lipinski definition) is 9. The molecule has 3 aliphatic rings. The van der Waals surface area contributed by atoms with Crippen molar-refractivity contribution in [3.63, 3.8) is 0 Å². The number of Topliss-reactive ketones (excluding diaryl/α,β-unsaturated/α-hetero) is 1. The highest BCUT2D eigenvalue weighted by atomic mass is 16.7. The molecule has 9 heteroatoms. The van der Waals surface area contributed by atoms with E-state index in [4.69, 9.17) is 33.2 Å². The Hall–Kier alpha value is -2.30. The van der Waals surface area contributed by atoms with Crippen molar-refractivity contribution in [1.29, 1.82) is 0 Å². The summed E-state index contributed by atoms with van der Waals surface area (Å²) < 4.78 is 42.1. The highest BCUT2D eigenvalue weighted by molar-refractivity contribution is 5.85. The molecule has 0 N–H and O–H groups in total. The van der Waals surface area contributed by atoms with Gasteiger partial charge in [-0.1, -0.05) is 30.4 Å². The number of ether oxygens (including phenoxy) is 7. The van der Waals surface area contributed by atoms with Crippen LogP contribution in [0.3, 0.4) is 0 Å². The molecule has 6 atom stereocenters. The summed E-state index contributed by atoms with van der Waals surface area (Å²) >= 11 is 0. The van der Waals surface area contributed by atoms with Crippen molar-refractivity contribution in [2.75, 3.05) is 26.4 Å². The third-order valence-corrected chi connectivity index (χ3v) is 7.85. The van der Waals surface area contributed by atoms with Crippen LogP contribution in [0.5, 0.6) is 5.75 Å². The Morgan fingerprint density at radius 2 is 1.72 bits per heavy atom. The zero-order valence-electron chi connectivity index (χ0n) is 25.9. The van der Waals surface area contributed by atoms with E-state index in [1.54, 1.807) is 0 Å². The molecule has 1 aromatic carbocycles. The van der Waals surface area contributed by atoms with Crippen LogP contribution < -0.4 is 4.74 Å². The number of ketones is 1. The molecule has 1 aromatic rings. The van der Waals surface area contributed by atoms with Crippen LogP contribution in [0.4, 0.5) is 0 Å². The van der Waals surface area contributed by atoms with E-state index in [1.165, 1.54) is 0 Å². The summed E-state index contributed by atoms with van der Waals surface area (Å²) in [6.07, 6.45) is 10.6. The Morgan fingerprint density at radius 3 is 2.42 bits per heavy atom. The van der Waals surface area contributed by atoms with Gasteiger partial charge in [0, 0.05) is 26.1 Å². The van der Waals surface area contributed by atoms with E-state index < -0.39 is 6.10 Å². The van der Waals surface area contributed by atoms with Crippen LogP contribution in [0, 0.1) is 5.92 Å². The second kappa shape index (κ2) is 18.5. The average molecular weight is 603 g/mol. The van der Waals surface area contributed by atoms with Gasteiger partial charge < -0.3 is 33.2 Å². The number of para-hydroxylation sites is 1. The lowest BCUT2D eigenvalue weighted by Crippen LogP contribution is -2.40. The maximum absolute atomic E-state index is 13.2. The summed E-state index contributed by atoms with van der Waals surface area (Å²) in [7, 11) is 0. The van der Waals surface area contributed by atoms with Gasteiger partial charge in [0.05, 0.1) is 30.8 Å². The van der Waals surface area contributed by atoms with Crippen molar-refractivity contribution in [1.82, 2.24) is 0 Å². The van der Waals surface area contributed by atoms with Gasteiger partial charge in [0.15, 0.2) is 12.6 Å². The molecule has 43 heavy (non-hydrogen) atoms. The lowest BCUT2D eigenvalue weighted by Gasteiger charge is -2.32. The van der Waals surface area contributed by atoms with Crippen LogP contribution in [0.1, 0.15) is 84.5 Å². The van der Waals surface area contributed by atoms with Crippen molar-refractivity contribution >= 4 is 11.8 Å². The van der Waals surface area contributed by atoms with E-state index in [2.05, 4.69) is 0 Å². The second-order valence-corrected chi connectivity index (χ2v) is 11.9. The Morgan fingerprint density at radius 1 is 0.977 bits per heavy atom. The van der Waals surface area contributed by atoms with Crippen molar-refractivity contribution in [2.24, 2.45) is 5.92 Å². The molecule has 0 aromatic heterocycles. The highest BCUT2D eigenvalue weighted by Gasteiger charge is 2.45. The summed E-state index contributed by atoms with van der Waals surface area (Å²) in [4.78, 5) is 25.1.